The zero-order valence-corrected chi connectivity index (χ0v) is 62.2. The van der Waals surface area contributed by atoms with Crippen molar-refractivity contribution in [2.45, 2.75) is 193 Å². The molecule has 15 N–H and O–H groups in total. The first kappa shape index (κ1) is 80.2. The fraction of sp³-hybridized carbons (Fsp3) is 0.640. The minimum atomic E-state index is -2.73. The quantitative estimate of drug-likeness (QED) is 0.0210. The number of benzene rings is 2. The number of rotatable bonds is 27. The summed E-state index contributed by atoms with van der Waals surface area (Å²) in [6, 6.07) is 0.0330. The minimum absolute atomic E-state index is 0.148. The number of esters is 3. The van der Waals surface area contributed by atoms with Gasteiger partial charge in [-0.1, -0.05) is 63.5 Å². The number of anilines is 1. The normalized spacial score (nSPS) is 29.8. The maximum Gasteiger partial charge on any atom is 0.344 e. The third-order valence-corrected chi connectivity index (χ3v) is 24.4. The number of hydrogen-bond donors (Lipinski definition) is 14. The smallest absolute Gasteiger partial charge is 0.344 e. The number of nitrogens with zero attached hydrogens (tertiary/aromatic N) is 4. The van der Waals surface area contributed by atoms with E-state index in [-0.39, 0.29) is 31.7 Å². The minimum Gasteiger partial charge on any atom is -0.496 e. The van der Waals surface area contributed by atoms with Crippen LogP contribution >= 0.6 is 0 Å². The summed E-state index contributed by atoms with van der Waals surface area (Å²) >= 11 is 0. The van der Waals surface area contributed by atoms with Gasteiger partial charge in [-0.05, 0) is 99.4 Å². The van der Waals surface area contributed by atoms with Crippen LogP contribution in [-0.4, -0.2) is 281 Å². The molecule has 2 saturated carbocycles. The van der Waals surface area contributed by atoms with Gasteiger partial charge in [-0.3, -0.25) is 57.7 Å². The van der Waals surface area contributed by atoms with Gasteiger partial charge in [0.1, 0.15) is 54.0 Å². The van der Waals surface area contributed by atoms with Gasteiger partial charge in [0.15, 0.2) is 6.10 Å². The van der Waals surface area contributed by atoms with Gasteiger partial charge in [0, 0.05) is 110 Å². The molecule has 2 aliphatic carbocycles. The average molecular weight is 1510 g/mol. The van der Waals surface area contributed by atoms with Crippen molar-refractivity contribution in [3.63, 3.8) is 0 Å². The molecule has 33 nitrogen and oxygen atoms in total. The van der Waals surface area contributed by atoms with Crippen LogP contribution in [0.4, 0.5) is 5.69 Å². The number of aliphatic hydroxyl groups is 6. The Labute approximate surface area is 625 Å². The van der Waals surface area contributed by atoms with E-state index in [0.29, 0.717) is 112 Å². The fourth-order valence-corrected chi connectivity index (χ4v) is 19.5. The predicted octanol–water partition coefficient (Wildman–Crippen LogP) is -2.68. The molecule has 6 unspecified atom stereocenters. The first-order valence-electron chi connectivity index (χ1n) is 37.4. The number of ether oxygens (including phenoxy) is 4. The van der Waals surface area contributed by atoms with Crippen LogP contribution in [0.25, 0.3) is 10.9 Å². The molecule has 8 amide bonds. The second kappa shape index (κ2) is 32.4. The number of hydrogen-bond acceptors (Lipinski definition) is 24. The van der Waals surface area contributed by atoms with Crippen LogP contribution in [0.2, 0.25) is 0 Å². The molecule has 108 heavy (non-hydrogen) atoms. The molecule has 7 heterocycles. The number of piperidine rings is 1. The Morgan fingerprint density at radius 1 is 0.750 bits per heavy atom. The Hall–Kier alpha value is -8.83. The molecule has 2 aromatic carbocycles. The van der Waals surface area contributed by atoms with Crippen molar-refractivity contribution < 1.29 is 102 Å². The monoisotopic (exact) mass is 1510 g/mol. The lowest BCUT2D eigenvalue weighted by molar-refractivity contribution is -0.229. The van der Waals surface area contributed by atoms with Crippen molar-refractivity contribution in [1.82, 2.24) is 51.6 Å². The number of methoxy groups -OCH3 is 3. The van der Waals surface area contributed by atoms with Gasteiger partial charge in [-0.15, -0.1) is 0 Å². The zero-order valence-electron chi connectivity index (χ0n) is 62.2. The molecule has 3 aromatic rings. The summed E-state index contributed by atoms with van der Waals surface area (Å²) in [6.07, 6.45) is 4.68. The van der Waals surface area contributed by atoms with Gasteiger partial charge >= 0.3 is 17.9 Å². The Balaban J connectivity index is 0.842. The Bertz CT molecular complexity index is 4000. The highest BCUT2D eigenvalue weighted by Crippen LogP contribution is 2.68. The van der Waals surface area contributed by atoms with E-state index in [2.05, 4.69) is 46.7 Å². The summed E-state index contributed by atoms with van der Waals surface area (Å²) in [6.45, 7) is 3.22. The predicted molar refractivity (Wildman–Crippen MR) is 385 cm³/mol. The highest BCUT2D eigenvalue weighted by molar-refractivity contribution is 5.99. The van der Waals surface area contributed by atoms with Crippen LogP contribution in [-0.2, 0) is 84.2 Å². The number of amides is 8. The molecular weight excluding hydrogens is 1400 g/mol. The molecule has 2 bridgehead atoms. The van der Waals surface area contributed by atoms with Crippen LogP contribution in [0, 0.1) is 17.3 Å². The van der Waals surface area contributed by atoms with E-state index in [9.17, 15) is 73.8 Å². The number of aliphatic hydroxyl groups excluding tert-OH is 4. The number of primary amides is 1. The van der Waals surface area contributed by atoms with Crippen LogP contribution in [0.3, 0.4) is 0 Å². The number of H-pyrrole nitrogens is 1. The first-order chi connectivity index (χ1) is 51.5. The number of para-hydroxylation sites is 1. The number of carbonyl (C=O) groups is 11. The van der Waals surface area contributed by atoms with Gasteiger partial charge < -0.3 is 102 Å². The highest BCUT2D eigenvalue weighted by Gasteiger charge is 2.80. The van der Waals surface area contributed by atoms with E-state index in [1.54, 1.807) is 11.9 Å². The van der Waals surface area contributed by atoms with Gasteiger partial charge in [0.05, 0.1) is 58.9 Å². The van der Waals surface area contributed by atoms with Crippen molar-refractivity contribution in [1.29, 1.82) is 0 Å². The van der Waals surface area contributed by atoms with Gasteiger partial charge in [0.25, 0.3) is 0 Å². The summed E-state index contributed by atoms with van der Waals surface area (Å²) in [5.74, 6) is -11.2. The van der Waals surface area contributed by atoms with Crippen molar-refractivity contribution in [3.8, 4) is 5.75 Å². The summed E-state index contributed by atoms with van der Waals surface area (Å²) < 4.78 is 24.5. The lowest BCUT2D eigenvalue weighted by atomic mass is 9.47. The molecule has 1 spiro atoms. The lowest BCUT2D eigenvalue weighted by Gasteiger charge is -2.63. The van der Waals surface area contributed by atoms with Crippen LogP contribution in [0.5, 0.6) is 5.75 Å². The third-order valence-electron chi connectivity index (χ3n) is 24.4. The van der Waals surface area contributed by atoms with Gasteiger partial charge in [-0.25, -0.2) is 4.79 Å². The van der Waals surface area contributed by atoms with Crippen molar-refractivity contribution in [3.05, 3.63) is 70.9 Å². The standard InChI is InChI=1S/C75H104N12O21/c1-8-71(103)31-41-32-74(69(101)106-6,59-45(22-26-85(34-41)39-71)44-18-13-14-19-48(44)78-59)47-29-46-53(30-55(47)105-5)84(4)67-73(46)24-27-86-25-15-23-72(9-2,66(73)86)68(75(67,104)70(102)107-7)108-57(94)33-77-60(95)50(36-88)80-61(96)49(20-21-56(76)93)79-65(100)58(42-16-11-10-12-17-42)83-63(98)52(38-90)81-62(97)51(37-89)82-64(99)54-28-43(92)35-87(54)40(3)91/h13-15,18-19,23,29-30,41-43,49-52,54,58,66-68,78,88-90,92,103-104H,8-12,16-17,20-22,24-28,31-39H2,1-7H3,(H2,76,93)(H,77,95)(H,79,100)(H,80,96)(H,81,97)(H,82,99)(H,83,98)/t41-,43?,49-,50-,51-,52-,54+,58?,66?,67?,68+,71-,72+,73?,74-,75-/m0/s1. The molecule has 11 rings (SSSR count). The largest absolute Gasteiger partial charge is 0.496 e. The number of β-amino-alcohol motifs (C(OH)–C–C–N with tert-alkyl or cyclic N) is 1. The summed E-state index contributed by atoms with van der Waals surface area (Å²) in [7, 11) is 5.69. The number of fused-ring (bicyclic) bond motifs is 6. The Morgan fingerprint density at radius 2 is 1.41 bits per heavy atom. The van der Waals surface area contributed by atoms with Crippen molar-refractivity contribution in [2.24, 2.45) is 23.0 Å². The molecule has 5 fully saturated rings. The number of nitrogens with two attached hydrogens (primary N) is 1. The number of likely N-dealkylation sites (N-methyl/N-ethyl adjacent to an activating group) is 1. The highest BCUT2D eigenvalue weighted by atomic mass is 16.6. The SMILES string of the molecule is CC[C@]1(O)C[C@@H]2CN(CCc3c([nH]c4ccccc34)[C@@](C(=O)OC)(c3cc4c(cc3OC)N(C)C3C45CCN4CC=C[C@](CC)(C45)[C@@H](OC(=O)CNC(=O)[C@H](CO)NC(=O)[C@H](CCC(N)=O)NC(=O)C(NC(=O)[C@H](CO)NC(=O)[C@H](CO)NC(=O)[C@H]4CC(O)CN4C(C)=O)C4CCCCC4)[C@]3(O)C(=O)OC)C2)C1. The van der Waals surface area contributed by atoms with E-state index in [1.807, 2.05) is 62.4 Å². The molecule has 0 radical (unpaired) electrons. The zero-order chi connectivity index (χ0) is 78.1. The van der Waals surface area contributed by atoms with E-state index in [4.69, 9.17) is 24.7 Å². The Morgan fingerprint density at radius 3 is 2.06 bits per heavy atom. The molecule has 8 aliphatic rings. The van der Waals surface area contributed by atoms with Crippen LogP contribution in [0.15, 0.2) is 48.6 Å². The Kier molecular flexibility index (Phi) is 24.0. The van der Waals surface area contributed by atoms with Crippen molar-refractivity contribution >= 4 is 81.8 Å². The van der Waals surface area contributed by atoms with Crippen molar-refractivity contribution in [2.75, 3.05) is 98.9 Å². The summed E-state index contributed by atoms with van der Waals surface area (Å²) in [5, 5.41) is 82.9. The molecule has 33 heteroatoms. The van der Waals surface area contributed by atoms with E-state index >= 15 is 9.59 Å². The fourth-order valence-electron chi connectivity index (χ4n) is 19.5. The molecular formula is C75H104N12O21. The number of carbonyl (C=O) groups excluding carboxylic acids is 11. The number of nitrogens with one attached hydrogen (secondary N) is 7. The maximum atomic E-state index is 15.7. The number of likely N-dealkylation sites (tertiary alicyclic amines) is 1. The first-order valence-corrected chi connectivity index (χ1v) is 37.4. The maximum absolute atomic E-state index is 15.7. The van der Waals surface area contributed by atoms with Crippen LogP contribution in [0.1, 0.15) is 127 Å². The molecule has 590 valence electrons. The second-order valence-electron chi connectivity index (χ2n) is 30.6. The number of aromatic nitrogens is 1. The topological polar surface area (TPSA) is 473 Å². The number of aromatic amines is 1. The van der Waals surface area contributed by atoms with Gasteiger partial charge in [-0.2, -0.15) is 0 Å². The molecule has 1 aromatic heterocycles. The van der Waals surface area contributed by atoms with E-state index < -0.39 is 198 Å². The molecule has 6 aliphatic heterocycles. The second-order valence-corrected chi connectivity index (χ2v) is 30.6. The third kappa shape index (κ3) is 14.5. The van der Waals surface area contributed by atoms with Gasteiger partial charge in [0.2, 0.25) is 52.9 Å². The van der Waals surface area contributed by atoms with Crippen LogP contribution < -0.4 is 47.3 Å². The summed E-state index contributed by atoms with van der Waals surface area (Å²) in [5.41, 5.74) is 1.50. The lowest BCUT2D eigenvalue weighted by Crippen LogP contribution is -2.81. The molecule has 3 saturated heterocycles. The average Bonchev–Trinajstić information content (AvgIpc) is 1.46. The summed E-state index contributed by atoms with van der Waals surface area (Å²) in [4.78, 5) is 165. The molecule has 17 atom stereocenters. The van der Waals surface area contributed by atoms with E-state index in [0.717, 1.165) is 34.9 Å². The van der Waals surface area contributed by atoms with E-state index in [1.165, 1.54) is 21.1 Å².